The van der Waals surface area contributed by atoms with Crippen molar-refractivity contribution in [3.8, 4) is 17.2 Å². The summed E-state index contributed by atoms with van der Waals surface area (Å²) in [6.45, 7) is 1.37. The van der Waals surface area contributed by atoms with Crippen molar-refractivity contribution in [1.82, 2.24) is 19.6 Å². The van der Waals surface area contributed by atoms with Crippen LogP contribution in [-0.4, -0.2) is 19.6 Å². The minimum absolute atomic E-state index is 0.467. The van der Waals surface area contributed by atoms with Crippen molar-refractivity contribution in [2.45, 2.75) is 19.5 Å². The number of benzene rings is 1. The second-order valence-electron chi connectivity index (χ2n) is 4.81. The van der Waals surface area contributed by atoms with Gasteiger partial charge >= 0.3 is 0 Å². The molecular formula is C16H15N5. The minimum Gasteiger partial charge on any atom is -0.271 e. The summed E-state index contributed by atoms with van der Waals surface area (Å²) in [7, 11) is 0. The predicted octanol–water partition coefficient (Wildman–Crippen LogP) is 2.71. The van der Waals surface area contributed by atoms with E-state index >= 15 is 0 Å². The second-order valence-corrected chi connectivity index (χ2v) is 4.81. The Hall–Kier alpha value is -2.87. The third kappa shape index (κ3) is 3.18. The van der Waals surface area contributed by atoms with Gasteiger partial charge < -0.3 is 0 Å². The molecule has 0 spiro atoms. The Morgan fingerprint density at radius 1 is 0.952 bits per heavy atom. The number of nitrogens with zero attached hydrogens (tertiary/aromatic N) is 5. The third-order valence-electron chi connectivity index (χ3n) is 3.24. The van der Waals surface area contributed by atoms with Gasteiger partial charge in [-0.1, -0.05) is 30.3 Å². The molecule has 5 nitrogen and oxygen atoms in total. The Balaban J connectivity index is 1.73. The molecule has 1 aromatic carbocycles. The van der Waals surface area contributed by atoms with Crippen LogP contribution < -0.4 is 0 Å². The molecule has 2 aromatic heterocycles. The monoisotopic (exact) mass is 277 g/mol. The topological polar surface area (TPSA) is 59.4 Å². The van der Waals surface area contributed by atoms with E-state index in [0.29, 0.717) is 13.0 Å². The quantitative estimate of drug-likeness (QED) is 0.720. The van der Waals surface area contributed by atoms with Crippen molar-refractivity contribution in [1.29, 1.82) is 5.26 Å². The van der Waals surface area contributed by atoms with Crippen molar-refractivity contribution in [2.24, 2.45) is 0 Å². The highest BCUT2D eigenvalue weighted by atomic mass is 15.3. The van der Waals surface area contributed by atoms with Gasteiger partial charge in [-0.3, -0.25) is 9.36 Å². The van der Waals surface area contributed by atoms with Crippen LogP contribution in [0.1, 0.15) is 12.0 Å². The van der Waals surface area contributed by atoms with Gasteiger partial charge in [0.25, 0.3) is 0 Å². The fourth-order valence-corrected chi connectivity index (χ4v) is 2.17. The van der Waals surface area contributed by atoms with Crippen molar-refractivity contribution < 1.29 is 0 Å². The fraction of sp³-hybridized carbons (Fsp3) is 0.188. The Labute approximate surface area is 123 Å². The van der Waals surface area contributed by atoms with E-state index in [4.69, 9.17) is 5.26 Å². The SMILES string of the molecule is N#CCCn1cc(-c2cnn(Cc3ccccc3)c2)cn1. The van der Waals surface area contributed by atoms with Gasteiger partial charge in [-0.25, -0.2) is 0 Å². The van der Waals surface area contributed by atoms with Gasteiger partial charge in [0.05, 0.1) is 38.0 Å². The zero-order chi connectivity index (χ0) is 14.5. The maximum absolute atomic E-state index is 8.59. The standard InChI is InChI=1S/C16H15N5/c17-7-4-8-20-12-15(9-18-20)16-10-19-21(13-16)11-14-5-2-1-3-6-14/h1-3,5-6,9-10,12-13H,4,8,11H2. The average molecular weight is 277 g/mol. The van der Waals surface area contributed by atoms with Gasteiger partial charge in [0.2, 0.25) is 0 Å². The first-order valence-electron chi connectivity index (χ1n) is 6.81. The first-order chi connectivity index (χ1) is 10.3. The molecule has 0 aliphatic heterocycles. The molecular weight excluding hydrogens is 262 g/mol. The highest BCUT2D eigenvalue weighted by molar-refractivity contribution is 5.59. The first-order valence-corrected chi connectivity index (χ1v) is 6.81. The predicted molar refractivity (Wildman–Crippen MR) is 79.2 cm³/mol. The summed E-state index contributed by atoms with van der Waals surface area (Å²) in [5.41, 5.74) is 3.28. The molecule has 3 aromatic rings. The molecule has 0 radical (unpaired) electrons. The highest BCUT2D eigenvalue weighted by Crippen LogP contribution is 2.18. The van der Waals surface area contributed by atoms with Crippen molar-refractivity contribution in [2.75, 3.05) is 0 Å². The first kappa shape index (κ1) is 13.1. The lowest BCUT2D eigenvalue weighted by atomic mass is 10.2. The van der Waals surface area contributed by atoms with E-state index in [-0.39, 0.29) is 0 Å². The van der Waals surface area contributed by atoms with E-state index in [0.717, 1.165) is 17.7 Å². The summed E-state index contributed by atoms with van der Waals surface area (Å²) < 4.78 is 3.70. The van der Waals surface area contributed by atoms with Gasteiger partial charge in [-0.2, -0.15) is 15.5 Å². The van der Waals surface area contributed by atoms with Crippen LogP contribution in [-0.2, 0) is 13.1 Å². The summed E-state index contributed by atoms with van der Waals surface area (Å²) in [5.74, 6) is 0. The molecule has 0 fully saturated rings. The van der Waals surface area contributed by atoms with Crippen LogP contribution in [0.15, 0.2) is 55.1 Å². The molecule has 2 heterocycles. The van der Waals surface area contributed by atoms with Crippen LogP contribution in [0.5, 0.6) is 0 Å². The number of nitriles is 1. The number of aryl methyl sites for hydroxylation is 1. The van der Waals surface area contributed by atoms with Crippen LogP contribution in [0.2, 0.25) is 0 Å². The van der Waals surface area contributed by atoms with Crippen molar-refractivity contribution in [3.63, 3.8) is 0 Å². The Kier molecular flexibility index (Phi) is 3.79. The van der Waals surface area contributed by atoms with Gasteiger partial charge in [0.15, 0.2) is 0 Å². The summed E-state index contributed by atoms with van der Waals surface area (Å²) in [6.07, 6.45) is 8.07. The van der Waals surface area contributed by atoms with E-state index in [1.807, 2.05) is 41.5 Å². The molecule has 0 atom stereocenters. The normalized spacial score (nSPS) is 10.4. The number of rotatable bonds is 5. The maximum Gasteiger partial charge on any atom is 0.0659 e. The maximum atomic E-state index is 8.59. The fourth-order valence-electron chi connectivity index (χ4n) is 2.17. The number of aromatic nitrogens is 4. The van der Waals surface area contributed by atoms with Crippen molar-refractivity contribution in [3.05, 3.63) is 60.7 Å². The number of hydrogen-bond donors (Lipinski definition) is 0. The van der Waals surface area contributed by atoms with Gasteiger partial charge in [0.1, 0.15) is 0 Å². The zero-order valence-corrected chi connectivity index (χ0v) is 11.6. The Morgan fingerprint density at radius 3 is 2.33 bits per heavy atom. The van der Waals surface area contributed by atoms with Gasteiger partial charge in [-0.15, -0.1) is 0 Å². The lowest BCUT2D eigenvalue weighted by Gasteiger charge is -2.00. The Bertz CT molecular complexity index is 748. The van der Waals surface area contributed by atoms with E-state index in [2.05, 4.69) is 28.4 Å². The van der Waals surface area contributed by atoms with E-state index in [1.165, 1.54) is 5.56 Å². The van der Waals surface area contributed by atoms with Crippen LogP contribution in [0.3, 0.4) is 0 Å². The minimum atomic E-state index is 0.467. The molecule has 5 heteroatoms. The molecule has 3 rings (SSSR count). The molecule has 0 saturated heterocycles. The third-order valence-corrected chi connectivity index (χ3v) is 3.24. The van der Waals surface area contributed by atoms with Crippen LogP contribution in [0.4, 0.5) is 0 Å². The summed E-state index contributed by atoms with van der Waals surface area (Å²) in [4.78, 5) is 0. The molecule has 0 aliphatic rings. The molecule has 0 amide bonds. The molecule has 0 unspecified atom stereocenters. The second kappa shape index (κ2) is 6.06. The largest absolute Gasteiger partial charge is 0.271 e. The summed E-state index contributed by atoms with van der Waals surface area (Å²) in [5, 5.41) is 17.2. The van der Waals surface area contributed by atoms with Gasteiger partial charge in [-0.05, 0) is 5.56 Å². The van der Waals surface area contributed by atoms with Crippen LogP contribution >= 0.6 is 0 Å². The lowest BCUT2D eigenvalue weighted by Crippen LogP contribution is -1.99. The van der Waals surface area contributed by atoms with Gasteiger partial charge in [0, 0.05) is 23.5 Å². The smallest absolute Gasteiger partial charge is 0.0659 e. The lowest BCUT2D eigenvalue weighted by molar-refractivity contribution is 0.628. The molecule has 0 aliphatic carbocycles. The van der Waals surface area contributed by atoms with E-state index in [1.54, 1.807) is 10.9 Å². The molecule has 104 valence electrons. The van der Waals surface area contributed by atoms with Crippen LogP contribution in [0.25, 0.3) is 11.1 Å². The number of hydrogen-bond acceptors (Lipinski definition) is 3. The van der Waals surface area contributed by atoms with E-state index in [9.17, 15) is 0 Å². The molecule has 0 N–H and O–H groups in total. The molecule has 21 heavy (non-hydrogen) atoms. The van der Waals surface area contributed by atoms with Crippen LogP contribution in [0, 0.1) is 11.3 Å². The summed E-state index contributed by atoms with van der Waals surface area (Å²) in [6, 6.07) is 12.3. The molecule has 0 saturated carbocycles. The summed E-state index contributed by atoms with van der Waals surface area (Å²) >= 11 is 0. The highest BCUT2D eigenvalue weighted by Gasteiger charge is 2.05. The van der Waals surface area contributed by atoms with Crippen molar-refractivity contribution >= 4 is 0 Å². The Morgan fingerprint density at radius 2 is 1.62 bits per heavy atom. The zero-order valence-electron chi connectivity index (χ0n) is 11.6. The van der Waals surface area contributed by atoms with E-state index < -0.39 is 0 Å². The average Bonchev–Trinajstić information content (AvgIpc) is 3.15. The molecule has 0 bridgehead atoms.